The van der Waals surface area contributed by atoms with Crippen molar-refractivity contribution in [2.45, 2.75) is 6.92 Å². The Kier molecular flexibility index (Phi) is 3.88. The lowest BCUT2D eigenvalue weighted by Crippen LogP contribution is -2.15. The van der Waals surface area contributed by atoms with E-state index in [0.29, 0.717) is 40.2 Å². The highest BCUT2D eigenvalue weighted by molar-refractivity contribution is 9.11. The number of hydrogen-bond acceptors (Lipinski definition) is 4. The van der Waals surface area contributed by atoms with Gasteiger partial charge in [-0.3, -0.25) is 0 Å². The number of nitrogens with zero attached hydrogens (tertiary/aromatic N) is 2. The van der Waals surface area contributed by atoms with Gasteiger partial charge in [-0.1, -0.05) is 11.6 Å². The Morgan fingerprint density at radius 3 is 2.65 bits per heavy atom. The first-order valence-corrected chi connectivity index (χ1v) is 7.82. The molecule has 0 atom stereocenters. The number of ether oxygens (including phenoxy) is 2. The van der Waals surface area contributed by atoms with Crippen LogP contribution in [0.1, 0.15) is 5.69 Å². The number of rotatable bonds is 1. The van der Waals surface area contributed by atoms with Crippen LogP contribution in [-0.4, -0.2) is 23.2 Å². The standard InChI is InChI=1S/C13H9Br2ClN2O2/c1-6-10(15)12(16)18-13(17-6)7-4-8(14)11-9(5-7)19-2-3-20-11/h4-5H,2-3H2,1H3. The lowest BCUT2D eigenvalue weighted by atomic mass is 10.1. The van der Waals surface area contributed by atoms with Crippen LogP contribution in [-0.2, 0) is 0 Å². The molecule has 0 amide bonds. The van der Waals surface area contributed by atoms with E-state index >= 15 is 0 Å². The molecule has 0 unspecified atom stereocenters. The van der Waals surface area contributed by atoms with E-state index in [-0.39, 0.29) is 0 Å². The predicted octanol–water partition coefficient (Wildman–Crippen LogP) is 4.40. The summed E-state index contributed by atoms with van der Waals surface area (Å²) in [6.07, 6.45) is 0. The van der Waals surface area contributed by atoms with Gasteiger partial charge in [0.15, 0.2) is 17.3 Å². The molecule has 0 N–H and O–H groups in total. The molecular formula is C13H9Br2ClN2O2. The average Bonchev–Trinajstić information content (AvgIpc) is 2.44. The Morgan fingerprint density at radius 1 is 1.15 bits per heavy atom. The van der Waals surface area contributed by atoms with E-state index in [2.05, 4.69) is 41.8 Å². The maximum Gasteiger partial charge on any atom is 0.175 e. The van der Waals surface area contributed by atoms with Crippen molar-refractivity contribution in [1.82, 2.24) is 9.97 Å². The largest absolute Gasteiger partial charge is 0.486 e. The van der Waals surface area contributed by atoms with Gasteiger partial charge in [0.1, 0.15) is 18.4 Å². The van der Waals surface area contributed by atoms with Gasteiger partial charge < -0.3 is 9.47 Å². The first-order chi connectivity index (χ1) is 9.56. The zero-order chi connectivity index (χ0) is 14.3. The summed E-state index contributed by atoms with van der Waals surface area (Å²) >= 11 is 12.9. The molecule has 1 aliphatic heterocycles. The fourth-order valence-electron chi connectivity index (χ4n) is 1.89. The van der Waals surface area contributed by atoms with Gasteiger partial charge in [-0.05, 0) is 50.9 Å². The van der Waals surface area contributed by atoms with E-state index in [1.807, 2.05) is 19.1 Å². The lowest BCUT2D eigenvalue weighted by Gasteiger charge is -2.20. The molecule has 2 heterocycles. The maximum absolute atomic E-state index is 6.09. The van der Waals surface area contributed by atoms with E-state index in [9.17, 15) is 0 Å². The fourth-order valence-corrected chi connectivity index (χ4v) is 2.84. The molecule has 2 aromatic rings. The quantitative estimate of drug-likeness (QED) is 0.642. The van der Waals surface area contributed by atoms with Crippen LogP contribution in [0, 0.1) is 6.92 Å². The topological polar surface area (TPSA) is 44.2 Å². The molecule has 0 aliphatic carbocycles. The second kappa shape index (κ2) is 5.50. The van der Waals surface area contributed by atoms with Crippen LogP contribution in [0.15, 0.2) is 21.1 Å². The predicted molar refractivity (Wildman–Crippen MR) is 83.6 cm³/mol. The van der Waals surface area contributed by atoms with Gasteiger partial charge in [0.25, 0.3) is 0 Å². The van der Waals surface area contributed by atoms with Gasteiger partial charge in [-0.15, -0.1) is 0 Å². The summed E-state index contributed by atoms with van der Waals surface area (Å²) in [5.74, 6) is 1.94. The van der Waals surface area contributed by atoms with E-state index in [1.54, 1.807) is 0 Å². The van der Waals surface area contributed by atoms with Gasteiger partial charge in [0.2, 0.25) is 0 Å². The molecule has 20 heavy (non-hydrogen) atoms. The van der Waals surface area contributed by atoms with Crippen molar-refractivity contribution < 1.29 is 9.47 Å². The molecule has 0 radical (unpaired) electrons. The van der Waals surface area contributed by atoms with Crippen molar-refractivity contribution in [2.24, 2.45) is 0 Å². The Labute approximate surface area is 137 Å². The summed E-state index contributed by atoms with van der Waals surface area (Å²) in [5, 5.41) is 0.388. The van der Waals surface area contributed by atoms with Crippen LogP contribution in [0.2, 0.25) is 5.15 Å². The third-order valence-electron chi connectivity index (χ3n) is 2.83. The molecule has 1 aromatic heterocycles. The van der Waals surface area contributed by atoms with Gasteiger partial charge >= 0.3 is 0 Å². The summed E-state index contributed by atoms with van der Waals surface area (Å²) in [4.78, 5) is 8.72. The second-order valence-corrected chi connectivity index (χ2v) is 6.23. The van der Waals surface area contributed by atoms with Gasteiger partial charge in [0.05, 0.1) is 14.6 Å². The molecule has 7 heteroatoms. The van der Waals surface area contributed by atoms with E-state index < -0.39 is 0 Å². The molecule has 3 rings (SSSR count). The number of hydrogen-bond donors (Lipinski definition) is 0. The van der Waals surface area contributed by atoms with Crippen molar-refractivity contribution in [3.05, 3.63) is 31.9 Å². The van der Waals surface area contributed by atoms with E-state index in [0.717, 1.165) is 15.7 Å². The SMILES string of the molecule is Cc1nc(-c2cc(Br)c3c(c2)OCCO3)nc(Cl)c1Br. The Hall–Kier alpha value is -0.850. The molecular weight excluding hydrogens is 411 g/mol. The first kappa shape index (κ1) is 14.1. The summed E-state index contributed by atoms with van der Waals surface area (Å²) in [5.41, 5.74) is 1.60. The number of aromatic nitrogens is 2. The van der Waals surface area contributed by atoms with Crippen LogP contribution < -0.4 is 9.47 Å². The highest BCUT2D eigenvalue weighted by Gasteiger charge is 2.18. The molecule has 1 aliphatic rings. The zero-order valence-corrected chi connectivity index (χ0v) is 14.3. The molecule has 104 valence electrons. The summed E-state index contributed by atoms with van der Waals surface area (Å²) in [6, 6.07) is 3.75. The first-order valence-electron chi connectivity index (χ1n) is 5.85. The molecule has 1 aromatic carbocycles. The monoisotopic (exact) mass is 418 g/mol. The minimum absolute atomic E-state index is 0.388. The van der Waals surface area contributed by atoms with E-state index in [1.165, 1.54) is 0 Å². The normalized spacial score (nSPS) is 13.4. The molecule has 0 spiro atoms. The number of benzene rings is 1. The third-order valence-corrected chi connectivity index (χ3v) is 4.87. The highest BCUT2D eigenvalue weighted by Crippen LogP contribution is 2.41. The van der Waals surface area contributed by atoms with Gasteiger partial charge in [-0.25, -0.2) is 9.97 Å². The van der Waals surface area contributed by atoms with Crippen molar-refractivity contribution in [2.75, 3.05) is 13.2 Å². The average molecular weight is 420 g/mol. The summed E-state index contributed by atoms with van der Waals surface area (Å²) in [7, 11) is 0. The van der Waals surface area contributed by atoms with Crippen molar-refractivity contribution in [1.29, 1.82) is 0 Å². The fraction of sp³-hybridized carbons (Fsp3) is 0.231. The molecule has 0 bridgehead atoms. The van der Waals surface area contributed by atoms with Gasteiger partial charge in [0, 0.05) is 5.56 Å². The molecule has 4 nitrogen and oxygen atoms in total. The van der Waals surface area contributed by atoms with Crippen LogP contribution in [0.5, 0.6) is 11.5 Å². The lowest BCUT2D eigenvalue weighted by molar-refractivity contribution is 0.170. The third kappa shape index (κ3) is 2.52. The van der Waals surface area contributed by atoms with Crippen LogP contribution in [0.3, 0.4) is 0 Å². The van der Waals surface area contributed by atoms with E-state index in [4.69, 9.17) is 21.1 Å². The zero-order valence-electron chi connectivity index (χ0n) is 10.4. The molecule has 0 fully saturated rings. The number of halogens is 3. The summed E-state index contributed by atoms with van der Waals surface area (Å²) < 4.78 is 12.7. The second-order valence-electron chi connectivity index (χ2n) is 4.22. The van der Waals surface area contributed by atoms with Crippen molar-refractivity contribution >= 4 is 43.5 Å². The smallest absolute Gasteiger partial charge is 0.175 e. The Bertz CT molecular complexity index is 671. The number of fused-ring (bicyclic) bond motifs is 1. The van der Waals surface area contributed by atoms with Crippen molar-refractivity contribution in [3.63, 3.8) is 0 Å². The summed E-state index contributed by atoms with van der Waals surface area (Å²) in [6.45, 7) is 2.95. The minimum atomic E-state index is 0.388. The van der Waals surface area contributed by atoms with Crippen LogP contribution >= 0.6 is 43.5 Å². The van der Waals surface area contributed by atoms with Crippen LogP contribution in [0.4, 0.5) is 0 Å². The Balaban J connectivity index is 2.13. The Morgan fingerprint density at radius 2 is 1.90 bits per heavy atom. The van der Waals surface area contributed by atoms with Crippen LogP contribution in [0.25, 0.3) is 11.4 Å². The minimum Gasteiger partial charge on any atom is -0.486 e. The molecule has 0 saturated heterocycles. The highest BCUT2D eigenvalue weighted by atomic mass is 79.9. The number of aryl methyl sites for hydroxylation is 1. The maximum atomic E-state index is 6.09. The van der Waals surface area contributed by atoms with Gasteiger partial charge in [-0.2, -0.15) is 0 Å². The van der Waals surface area contributed by atoms with Crippen molar-refractivity contribution in [3.8, 4) is 22.9 Å². The molecule has 0 saturated carbocycles.